The van der Waals surface area contributed by atoms with Crippen molar-refractivity contribution in [1.29, 1.82) is 0 Å². The third kappa shape index (κ3) is 3.90. The maximum atomic E-state index is 12.5. The summed E-state index contributed by atoms with van der Waals surface area (Å²) in [5, 5.41) is 12.1. The van der Waals surface area contributed by atoms with Crippen LogP contribution >= 0.6 is 11.6 Å². The highest BCUT2D eigenvalue weighted by Crippen LogP contribution is 2.30. The number of halogens is 1. The van der Waals surface area contributed by atoms with Gasteiger partial charge in [0.15, 0.2) is 0 Å². The third-order valence-electron chi connectivity index (χ3n) is 4.82. The number of nitrogens with zero attached hydrogens (tertiary/aromatic N) is 1. The van der Waals surface area contributed by atoms with Gasteiger partial charge in [-0.25, -0.2) is 4.79 Å². The van der Waals surface area contributed by atoms with Gasteiger partial charge in [0.25, 0.3) is 5.69 Å². The van der Waals surface area contributed by atoms with Gasteiger partial charge in [-0.3, -0.25) is 10.1 Å². The van der Waals surface area contributed by atoms with E-state index < -0.39 is 10.5 Å². The number of benzene rings is 3. The van der Waals surface area contributed by atoms with Crippen molar-refractivity contribution in [2.75, 3.05) is 0 Å². The van der Waals surface area contributed by atoms with Crippen molar-refractivity contribution in [3.63, 3.8) is 0 Å². The second kappa shape index (κ2) is 8.00. The molecule has 0 saturated heterocycles. The van der Waals surface area contributed by atoms with Crippen LogP contribution in [0.5, 0.6) is 5.75 Å². The van der Waals surface area contributed by atoms with E-state index in [2.05, 4.69) is 0 Å². The molecule has 150 valence electrons. The van der Waals surface area contributed by atoms with Gasteiger partial charge >= 0.3 is 5.63 Å². The summed E-state index contributed by atoms with van der Waals surface area (Å²) in [7, 11) is 0. The van der Waals surface area contributed by atoms with Gasteiger partial charge in [0, 0.05) is 22.5 Å². The van der Waals surface area contributed by atoms with Crippen LogP contribution in [0.25, 0.3) is 22.1 Å². The Hall–Kier alpha value is -3.64. The minimum atomic E-state index is -0.442. The standard InChI is InChI=1S/C23H16ClNO5/c1-14-20-12-19(29-13-15-2-8-18(9-3-15)25(27)28)10-11-21(20)30-23(26)22(14)16-4-6-17(24)7-5-16/h2-12H,13H2,1H3. The molecular weight excluding hydrogens is 406 g/mol. The zero-order chi connectivity index (χ0) is 21.3. The van der Waals surface area contributed by atoms with Crippen LogP contribution in [0.2, 0.25) is 5.02 Å². The molecule has 7 heteroatoms. The van der Waals surface area contributed by atoms with E-state index in [0.717, 1.165) is 22.1 Å². The molecule has 6 nitrogen and oxygen atoms in total. The van der Waals surface area contributed by atoms with Crippen LogP contribution in [-0.4, -0.2) is 4.92 Å². The maximum Gasteiger partial charge on any atom is 0.344 e. The molecule has 0 aliphatic carbocycles. The van der Waals surface area contributed by atoms with Crippen molar-refractivity contribution in [2.24, 2.45) is 0 Å². The quantitative estimate of drug-likeness (QED) is 0.227. The first-order valence-corrected chi connectivity index (χ1v) is 9.50. The molecule has 0 aliphatic rings. The molecule has 4 aromatic rings. The molecule has 3 aromatic carbocycles. The summed E-state index contributed by atoms with van der Waals surface area (Å²) >= 11 is 5.95. The molecule has 0 fully saturated rings. The number of nitro groups is 1. The fourth-order valence-corrected chi connectivity index (χ4v) is 3.38. The first kappa shape index (κ1) is 19.7. The number of hydrogen-bond acceptors (Lipinski definition) is 5. The Morgan fingerprint density at radius 1 is 1.03 bits per heavy atom. The van der Waals surface area contributed by atoms with Gasteiger partial charge in [0.2, 0.25) is 0 Å². The van der Waals surface area contributed by atoms with Crippen molar-refractivity contribution >= 4 is 28.3 Å². The summed E-state index contributed by atoms with van der Waals surface area (Å²) in [4.78, 5) is 22.8. The minimum absolute atomic E-state index is 0.0323. The van der Waals surface area contributed by atoms with Gasteiger partial charge in [-0.15, -0.1) is 0 Å². The highest BCUT2D eigenvalue weighted by atomic mass is 35.5. The molecule has 0 amide bonds. The summed E-state index contributed by atoms with van der Waals surface area (Å²) in [6.45, 7) is 2.12. The molecule has 0 saturated carbocycles. The van der Waals surface area contributed by atoms with Crippen LogP contribution in [0.1, 0.15) is 11.1 Å². The van der Waals surface area contributed by atoms with Crippen LogP contribution in [-0.2, 0) is 6.61 Å². The number of rotatable bonds is 5. The number of non-ortho nitro benzene ring substituents is 1. The Balaban J connectivity index is 1.65. The molecule has 0 bridgehead atoms. The van der Waals surface area contributed by atoms with Gasteiger partial charge in [0.1, 0.15) is 17.9 Å². The van der Waals surface area contributed by atoms with Crippen molar-refractivity contribution in [2.45, 2.75) is 13.5 Å². The average molecular weight is 422 g/mol. The first-order chi connectivity index (χ1) is 14.4. The third-order valence-corrected chi connectivity index (χ3v) is 5.07. The molecule has 0 N–H and O–H groups in total. The highest BCUT2D eigenvalue weighted by molar-refractivity contribution is 6.30. The zero-order valence-electron chi connectivity index (χ0n) is 15.9. The highest BCUT2D eigenvalue weighted by Gasteiger charge is 2.14. The van der Waals surface area contributed by atoms with Crippen LogP contribution in [0.4, 0.5) is 5.69 Å². The average Bonchev–Trinajstić information content (AvgIpc) is 2.74. The van der Waals surface area contributed by atoms with Crippen molar-refractivity contribution in [3.05, 3.63) is 103 Å². The Labute approximate surface area is 176 Å². The largest absolute Gasteiger partial charge is 0.489 e. The molecule has 0 radical (unpaired) electrons. The van der Waals surface area contributed by atoms with E-state index in [9.17, 15) is 14.9 Å². The lowest BCUT2D eigenvalue weighted by atomic mass is 9.99. The summed E-state index contributed by atoms with van der Waals surface area (Å²) in [6.07, 6.45) is 0. The number of fused-ring (bicyclic) bond motifs is 1. The van der Waals surface area contributed by atoms with E-state index in [0.29, 0.717) is 21.9 Å². The van der Waals surface area contributed by atoms with E-state index in [1.54, 1.807) is 48.5 Å². The van der Waals surface area contributed by atoms with Gasteiger partial charge < -0.3 is 9.15 Å². The zero-order valence-corrected chi connectivity index (χ0v) is 16.7. The van der Waals surface area contributed by atoms with Gasteiger partial charge in [-0.1, -0.05) is 23.7 Å². The van der Waals surface area contributed by atoms with E-state index in [4.69, 9.17) is 20.8 Å². The monoisotopic (exact) mass is 421 g/mol. The lowest BCUT2D eigenvalue weighted by Crippen LogP contribution is -2.06. The predicted octanol–water partition coefficient (Wildman–Crippen LogP) is 5.91. The second-order valence-electron chi connectivity index (χ2n) is 6.77. The van der Waals surface area contributed by atoms with E-state index in [1.165, 1.54) is 12.1 Å². The molecule has 0 spiro atoms. The number of nitro benzene ring substituents is 1. The molecule has 1 heterocycles. The van der Waals surface area contributed by atoms with E-state index in [1.807, 2.05) is 13.0 Å². The predicted molar refractivity (Wildman–Crippen MR) is 115 cm³/mol. The summed E-state index contributed by atoms with van der Waals surface area (Å²) < 4.78 is 11.3. The fraction of sp³-hybridized carbons (Fsp3) is 0.0870. The molecule has 0 unspecified atom stereocenters. The second-order valence-corrected chi connectivity index (χ2v) is 7.20. The van der Waals surface area contributed by atoms with E-state index >= 15 is 0 Å². The molecule has 1 aromatic heterocycles. The first-order valence-electron chi connectivity index (χ1n) is 9.12. The normalized spacial score (nSPS) is 10.9. The van der Waals surface area contributed by atoms with Crippen molar-refractivity contribution < 1.29 is 14.1 Å². The Kier molecular flexibility index (Phi) is 5.25. The van der Waals surface area contributed by atoms with E-state index in [-0.39, 0.29) is 12.3 Å². The minimum Gasteiger partial charge on any atom is -0.489 e. The molecule has 0 atom stereocenters. The molecule has 4 rings (SSSR count). The van der Waals surface area contributed by atoms with Crippen LogP contribution < -0.4 is 10.4 Å². The SMILES string of the molecule is Cc1c(-c2ccc(Cl)cc2)c(=O)oc2ccc(OCc3ccc([N+](=O)[O-])cc3)cc12. The summed E-state index contributed by atoms with van der Waals surface area (Å²) in [6, 6.07) is 18.4. The van der Waals surface area contributed by atoms with Gasteiger partial charge in [0.05, 0.1) is 10.5 Å². The topological polar surface area (TPSA) is 82.6 Å². The Morgan fingerprint density at radius 3 is 2.40 bits per heavy atom. The maximum absolute atomic E-state index is 12.5. The van der Waals surface area contributed by atoms with Crippen molar-refractivity contribution in [1.82, 2.24) is 0 Å². The van der Waals surface area contributed by atoms with Gasteiger partial charge in [-0.05, 0) is 66.1 Å². The number of hydrogen-bond donors (Lipinski definition) is 0. The van der Waals surface area contributed by atoms with Crippen molar-refractivity contribution in [3.8, 4) is 16.9 Å². The lowest BCUT2D eigenvalue weighted by Gasteiger charge is -2.11. The molecule has 30 heavy (non-hydrogen) atoms. The Morgan fingerprint density at radius 2 is 1.73 bits per heavy atom. The molecular formula is C23H16ClNO5. The molecule has 0 aliphatic heterocycles. The number of aryl methyl sites for hydroxylation is 1. The fourth-order valence-electron chi connectivity index (χ4n) is 3.25. The summed E-state index contributed by atoms with van der Waals surface area (Å²) in [5.74, 6) is 0.597. The van der Waals surface area contributed by atoms with Crippen LogP contribution in [0.15, 0.2) is 75.9 Å². The number of ether oxygens (including phenoxy) is 1. The summed E-state index contributed by atoms with van der Waals surface area (Å²) in [5.41, 5.74) is 2.88. The Bertz CT molecular complexity index is 1290. The smallest absolute Gasteiger partial charge is 0.344 e. The van der Waals surface area contributed by atoms with Crippen LogP contribution in [0.3, 0.4) is 0 Å². The van der Waals surface area contributed by atoms with Gasteiger partial charge in [-0.2, -0.15) is 0 Å². The lowest BCUT2D eigenvalue weighted by molar-refractivity contribution is -0.384. The van der Waals surface area contributed by atoms with Crippen LogP contribution in [0, 0.1) is 17.0 Å².